The quantitative estimate of drug-likeness (QED) is 0.504. The fraction of sp³-hybridized carbons (Fsp3) is 1.00. The molecule has 0 amide bonds. The van der Waals surface area contributed by atoms with Gasteiger partial charge in [0.2, 0.25) is 0 Å². The molecule has 3 nitrogen and oxygen atoms in total. The van der Waals surface area contributed by atoms with E-state index in [4.69, 9.17) is 25.8 Å². The highest BCUT2D eigenvalue weighted by Crippen LogP contribution is 2.32. The minimum Gasteiger partial charge on any atom is -0.382 e. The van der Waals surface area contributed by atoms with Crippen molar-refractivity contribution in [3.8, 4) is 0 Å². The summed E-state index contributed by atoms with van der Waals surface area (Å²) in [5.74, 6) is 0. The van der Waals surface area contributed by atoms with Crippen molar-refractivity contribution in [2.45, 2.75) is 30.4 Å². The van der Waals surface area contributed by atoms with Crippen LogP contribution in [0.4, 0.5) is 8.78 Å². The minimum absolute atomic E-state index is 0.149. The molecule has 0 aromatic heterocycles. The fourth-order valence-corrected chi connectivity index (χ4v) is 1.78. The third kappa shape index (κ3) is 4.18. The normalized spacial score (nSPS) is 30.6. The van der Waals surface area contributed by atoms with Crippen molar-refractivity contribution >= 4 is 11.6 Å². The van der Waals surface area contributed by atoms with Crippen molar-refractivity contribution in [1.29, 1.82) is 0 Å². The molecule has 0 saturated heterocycles. The Balaban J connectivity index is 2.16. The summed E-state index contributed by atoms with van der Waals surface area (Å²) in [6, 6.07) is 0. The molecule has 1 rings (SSSR count). The van der Waals surface area contributed by atoms with Gasteiger partial charge in [0.1, 0.15) is 12.7 Å². The Bertz CT molecular complexity index is 183. The van der Waals surface area contributed by atoms with Crippen molar-refractivity contribution in [2.75, 3.05) is 26.9 Å². The number of alkyl halides is 3. The van der Waals surface area contributed by atoms with Gasteiger partial charge in [-0.25, -0.2) is 8.78 Å². The van der Waals surface area contributed by atoms with E-state index in [1.54, 1.807) is 7.11 Å². The molecule has 0 aromatic rings. The Morgan fingerprint density at radius 3 is 2.60 bits per heavy atom. The van der Waals surface area contributed by atoms with Crippen LogP contribution in [0.3, 0.4) is 0 Å². The Kier molecular flexibility index (Phi) is 5.74. The van der Waals surface area contributed by atoms with Crippen LogP contribution in [0.25, 0.3) is 0 Å². The summed E-state index contributed by atoms with van der Waals surface area (Å²) < 4.78 is 38.8. The Labute approximate surface area is 92.6 Å². The molecule has 6 heteroatoms. The van der Waals surface area contributed by atoms with E-state index in [9.17, 15) is 8.78 Å². The second kappa shape index (κ2) is 6.58. The van der Waals surface area contributed by atoms with E-state index in [2.05, 4.69) is 0 Å². The van der Waals surface area contributed by atoms with Crippen molar-refractivity contribution < 1.29 is 23.0 Å². The second-order valence-corrected chi connectivity index (χ2v) is 3.90. The molecule has 1 aliphatic rings. The zero-order valence-corrected chi connectivity index (χ0v) is 9.25. The van der Waals surface area contributed by atoms with E-state index in [-0.39, 0.29) is 17.6 Å². The van der Waals surface area contributed by atoms with Gasteiger partial charge < -0.3 is 14.2 Å². The molecule has 90 valence electrons. The smallest absolute Gasteiger partial charge is 0.261 e. The van der Waals surface area contributed by atoms with Crippen molar-refractivity contribution in [1.82, 2.24) is 0 Å². The topological polar surface area (TPSA) is 27.7 Å². The number of rotatable bonds is 7. The zero-order valence-electron chi connectivity index (χ0n) is 8.50. The molecule has 0 aliphatic heterocycles. The third-order valence-corrected chi connectivity index (χ3v) is 2.64. The average molecular weight is 245 g/mol. The van der Waals surface area contributed by atoms with Gasteiger partial charge in [-0.05, 0) is 6.42 Å². The summed E-state index contributed by atoms with van der Waals surface area (Å²) >= 11 is 5.87. The first-order valence-electron chi connectivity index (χ1n) is 4.79. The molecule has 1 fully saturated rings. The van der Waals surface area contributed by atoms with Crippen LogP contribution in [-0.4, -0.2) is 50.9 Å². The molecule has 0 radical (unpaired) electrons. The zero-order chi connectivity index (χ0) is 11.3. The molecule has 3 unspecified atom stereocenters. The van der Waals surface area contributed by atoms with Gasteiger partial charge in [-0.15, -0.1) is 11.6 Å². The number of hydrogen-bond acceptors (Lipinski definition) is 3. The highest BCUT2D eigenvalue weighted by molar-refractivity contribution is 6.21. The molecular weight excluding hydrogens is 230 g/mol. The Morgan fingerprint density at radius 2 is 2.07 bits per heavy atom. The van der Waals surface area contributed by atoms with Crippen LogP contribution in [0.5, 0.6) is 0 Å². The Morgan fingerprint density at radius 1 is 1.33 bits per heavy atom. The van der Waals surface area contributed by atoms with Crippen LogP contribution in [0.2, 0.25) is 0 Å². The summed E-state index contributed by atoms with van der Waals surface area (Å²) in [6.45, 7) is 0.305. The molecule has 15 heavy (non-hydrogen) atoms. The predicted octanol–water partition coefficient (Wildman–Crippen LogP) is 1.68. The Hall–Kier alpha value is 0.0300. The molecular formula is C9H15ClF2O3. The first-order chi connectivity index (χ1) is 7.15. The molecule has 1 saturated carbocycles. The van der Waals surface area contributed by atoms with Crippen LogP contribution in [0.1, 0.15) is 6.42 Å². The maximum absolute atomic E-state index is 11.9. The van der Waals surface area contributed by atoms with Crippen molar-refractivity contribution in [2.24, 2.45) is 0 Å². The van der Waals surface area contributed by atoms with Gasteiger partial charge in [-0.2, -0.15) is 0 Å². The van der Waals surface area contributed by atoms with E-state index in [0.29, 0.717) is 19.6 Å². The van der Waals surface area contributed by atoms with Crippen molar-refractivity contribution in [3.05, 3.63) is 0 Å². The molecule has 3 atom stereocenters. The maximum atomic E-state index is 11.9. The highest BCUT2D eigenvalue weighted by atomic mass is 35.5. The van der Waals surface area contributed by atoms with Gasteiger partial charge in [-0.3, -0.25) is 0 Å². The lowest BCUT2D eigenvalue weighted by atomic mass is 9.91. The summed E-state index contributed by atoms with van der Waals surface area (Å²) in [5.41, 5.74) is 0. The summed E-state index contributed by atoms with van der Waals surface area (Å²) in [7, 11) is 1.56. The van der Waals surface area contributed by atoms with Crippen molar-refractivity contribution in [3.63, 3.8) is 0 Å². The number of hydrogen-bond donors (Lipinski definition) is 0. The summed E-state index contributed by atoms with van der Waals surface area (Å²) in [5, 5.41) is -0.149. The van der Waals surface area contributed by atoms with Crippen LogP contribution >= 0.6 is 11.6 Å². The standard InChI is InChI=1S/C9H15ClF2O3/c1-13-2-3-14-9-6(10)4-7(9)15-5-8(11)12/h6-9H,2-5H2,1H3. The number of methoxy groups -OCH3 is 1. The monoisotopic (exact) mass is 244 g/mol. The lowest BCUT2D eigenvalue weighted by Gasteiger charge is -2.40. The number of ether oxygens (including phenoxy) is 3. The molecule has 0 aromatic carbocycles. The van der Waals surface area contributed by atoms with Gasteiger partial charge in [0, 0.05) is 7.11 Å². The SMILES string of the molecule is COCCOC1C(Cl)CC1OCC(F)F. The average Bonchev–Trinajstić information content (AvgIpc) is 2.18. The van der Waals surface area contributed by atoms with Gasteiger partial charge in [-0.1, -0.05) is 0 Å². The largest absolute Gasteiger partial charge is 0.382 e. The van der Waals surface area contributed by atoms with Crippen LogP contribution in [0, 0.1) is 0 Å². The van der Waals surface area contributed by atoms with Crippen LogP contribution < -0.4 is 0 Å². The summed E-state index contributed by atoms with van der Waals surface area (Å²) in [6.07, 6.45) is -2.48. The van der Waals surface area contributed by atoms with E-state index >= 15 is 0 Å². The lowest BCUT2D eigenvalue weighted by molar-refractivity contribution is -0.145. The molecule has 0 N–H and O–H groups in total. The third-order valence-electron chi connectivity index (χ3n) is 2.21. The van der Waals surface area contributed by atoms with E-state index in [1.807, 2.05) is 0 Å². The van der Waals surface area contributed by atoms with Gasteiger partial charge >= 0.3 is 0 Å². The predicted molar refractivity (Wildman–Crippen MR) is 51.6 cm³/mol. The van der Waals surface area contributed by atoms with E-state index in [0.717, 1.165) is 0 Å². The summed E-state index contributed by atoms with van der Waals surface area (Å²) in [4.78, 5) is 0. The first kappa shape index (κ1) is 13.1. The minimum atomic E-state index is -2.45. The molecule has 0 heterocycles. The maximum Gasteiger partial charge on any atom is 0.261 e. The van der Waals surface area contributed by atoms with Gasteiger partial charge in [0.25, 0.3) is 6.43 Å². The first-order valence-corrected chi connectivity index (χ1v) is 5.23. The second-order valence-electron chi connectivity index (χ2n) is 3.34. The fourth-order valence-electron chi connectivity index (χ4n) is 1.37. The van der Waals surface area contributed by atoms with E-state index in [1.165, 1.54) is 0 Å². The lowest BCUT2D eigenvalue weighted by Crippen LogP contribution is -2.51. The number of halogens is 3. The van der Waals surface area contributed by atoms with Gasteiger partial charge in [0.15, 0.2) is 0 Å². The van der Waals surface area contributed by atoms with E-state index < -0.39 is 13.0 Å². The molecule has 0 spiro atoms. The van der Waals surface area contributed by atoms with Crippen LogP contribution in [-0.2, 0) is 14.2 Å². The molecule has 0 bridgehead atoms. The molecule has 1 aliphatic carbocycles. The van der Waals surface area contributed by atoms with Crippen LogP contribution in [0.15, 0.2) is 0 Å². The highest BCUT2D eigenvalue weighted by Gasteiger charge is 2.42. The van der Waals surface area contributed by atoms with Gasteiger partial charge in [0.05, 0.1) is 24.7 Å².